The van der Waals surface area contributed by atoms with Gasteiger partial charge in [0.05, 0.1) is 6.61 Å². The standard InChI is InChI=1S/C13H21NO4/c1-3-4-5-14(6-7-15)9-11-8-12(13(16)17)18-10(11)2/h8,15H,3-7,9H2,1-2H3,(H,16,17). The molecule has 0 aromatic carbocycles. The van der Waals surface area contributed by atoms with E-state index in [1.165, 1.54) is 0 Å². The minimum absolute atomic E-state index is 0.0260. The van der Waals surface area contributed by atoms with Crippen LogP contribution in [-0.2, 0) is 6.54 Å². The number of aryl methyl sites for hydroxylation is 1. The zero-order valence-corrected chi connectivity index (χ0v) is 11.0. The van der Waals surface area contributed by atoms with Crippen LogP contribution in [-0.4, -0.2) is 40.8 Å². The van der Waals surface area contributed by atoms with Crippen LogP contribution in [0.1, 0.15) is 41.6 Å². The Labute approximate surface area is 107 Å². The molecule has 5 nitrogen and oxygen atoms in total. The van der Waals surface area contributed by atoms with E-state index >= 15 is 0 Å². The summed E-state index contributed by atoms with van der Waals surface area (Å²) in [5.41, 5.74) is 0.872. The third-order valence-corrected chi connectivity index (χ3v) is 2.87. The molecule has 0 atom stereocenters. The lowest BCUT2D eigenvalue weighted by atomic mass is 10.2. The van der Waals surface area contributed by atoms with Gasteiger partial charge in [-0.3, -0.25) is 4.90 Å². The number of hydrogen-bond donors (Lipinski definition) is 2. The molecule has 0 bridgehead atoms. The summed E-state index contributed by atoms with van der Waals surface area (Å²) >= 11 is 0. The van der Waals surface area contributed by atoms with Crippen LogP contribution >= 0.6 is 0 Å². The zero-order valence-electron chi connectivity index (χ0n) is 11.0. The highest BCUT2D eigenvalue weighted by atomic mass is 16.4. The first-order valence-electron chi connectivity index (χ1n) is 6.24. The lowest BCUT2D eigenvalue weighted by molar-refractivity contribution is 0.0661. The second-order valence-corrected chi connectivity index (χ2v) is 4.35. The van der Waals surface area contributed by atoms with E-state index < -0.39 is 5.97 Å². The fourth-order valence-corrected chi connectivity index (χ4v) is 1.82. The monoisotopic (exact) mass is 255 g/mol. The Morgan fingerprint density at radius 2 is 2.17 bits per heavy atom. The molecule has 1 rings (SSSR count). The average molecular weight is 255 g/mol. The molecule has 0 aliphatic heterocycles. The first kappa shape index (κ1) is 14.7. The molecule has 0 aliphatic carbocycles. The number of hydrogen-bond acceptors (Lipinski definition) is 4. The molecular formula is C13H21NO4. The van der Waals surface area contributed by atoms with Gasteiger partial charge in [-0.05, 0) is 26.0 Å². The molecule has 0 saturated heterocycles. The summed E-state index contributed by atoms with van der Waals surface area (Å²) in [5, 5.41) is 17.9. The molecule has 5 heteroatoms. The number of furan rings is 1. The van der Waals surface area contributed by atoms with Crippen molar-refractivity contribution in [2.45, 2.75) is 33.2 Å². The molecule has 18 heavy (non-hydrogen) atoms. The molecular weight excluding hydrogens is 234 g/mol. The maximum absolute atomic E-state index is 10.8. The van der Waals surface area contributed by atoms with Gasteiger partial charge in [-0.25, -0.2) is 4.79 Å². The van der Waals surface area contributed by atoms with Crippen molar-refractivity contribution >= 4 is 5.97 Å². The molecule has 0 fully saturated rings. The highest BCUT2D eigenvalue weighted by Gasteiger charge is 2.15. The second kappa shape index (κ2) is 7.18. The highest BCUT2D eigenvalue weighted by molar-refractivity contribution is 5.84. The summed E-state index contributed by atoms with van der Waals surface area (Å²) in [4.78, 5) is 12.9. The number of carboxylic acids is 1. The molecule has 0 aliphatic rings. The molecule has 0 radical (unpaired) electrons. The molecule has 102 valence electrons. The summed E-state index contributed by atoms with van der Waals surface area (Å²) in [6.45, 7) is 6.08. The van der Waals surface area contributed by atoms with Crippen LogP contribution < -0.4 is 0 Å². The van der Waals surface area contributed by atoms with Crippen LogP contribution in [0.15, 0.2) is 10.5 Å². The van der Waals surface area contributed by atoms with Crippen molar-refractivity contribution in [2.24, 2.45) is 0 Å². The maximum atomic E-state index is 10.8. The minimum atomic E-state index is -1.05. The molecule has 0 unspecified atom stereocenters. The number of aliphatic hydroxyl groups excluding tert-OH is 1. The van der Waals surface area contributed by atoms with Crippen molar-refractivity contribution in [1.29, 1.82) is 0 Å². The normalized spacial score (nSPS) is 11.1. The quantitative estimate of drug-likeness (QED) is 0.742. The van der Waals surface area contributed by atoms with Gasteiger partial charge in [0.2, 0.25) is 5.76 Å². The summed E-state index contributed by atoms with van der Waals surface area (Å²) in [5.74, 6) is -0.444. The fourth-order valence-electron chi connectivity index (χ4n) is 1.82. The number of aliphatic hydroxyl groups is 1. The van der Waals surface area contributed by atoms with E-state index in [-0.39, 0.29) is 12.4 Å². The molecule has 0 saturated carbocycles. The predicted octanol–water partition coefficient (Wildman–Crippen LogP) is 1.88. The molecule has 1 aromatic rings. The van der Waals surface area contributed by atoms with Crippen LogP contribution in [0.5, 0.6) is 0 Å². The first-order valence-corrected chi connectivity index (χ1v) is 6.24. The van der Waals surface area contributed by atoms with E-state index in [9.17, 15) is 4.79 Å². The summed E-state index contributed by atoms with van der Waals surface area (Å²) < 4.78 is 5.17. The van der Waals surface area contributed by atoms with Gasteiger partial charge in [-0.2, -0.15) is 0 Å². The third kappa shape index (κ3) is 4.16. The van der Waals surface area contributed by atoms with Crippen LogP contribution in [0.3, 0.4) is 0 Å². The smallest absolute Gasteiger partial charge is 0.371 e. The number of aromatic carboxylic acids is 1. The topological polar surface area (TPSA) is 73.9 Å². The van der Waals surface area contributed by atoms with Crippen molar-refractivity contribution in [3.05, 3.63) is 23.2 Å². The Hall–Kier alpha value is -1.33. The molecule has 0 spiro atoms. The Kier molecular flexibility index (Phi) is 5.88. The van der Waals surface area contributed by atoms with E-state index in [1.54, 1.807) is 13.0 Å². The van der Waals surface area contributed by atoms with Gasteiger partial charge >= 0.3 is 5.97 Å². The van der Waals surface area contributed by atoms with E-state index in [4.69, 9.17) is 14.6 Å². The summed E-state index contributed by atoms with van der Waals surface area (Å²) in [7, 11) is 0. The molecule has 1 aromatic heterocycles. The fraction of sp³-hybridized carbons (Fsp3) is 0.615. The van der Waals surface area contributed by atoms with Crippen LogP contribution in [0.2, 0.25) is 0 Å². The Balaban J connectivity index is 2.70. The summed E-state index contributed by atoms with van der Waals surface area (Å²) in [6, 6.07) is 1.56. The SMILES string of the molecule is CCCCN(CCO)Cc1cc(C(=O)O)oc1C. The largest absolute Gasteiger partial charge is 0.475 e. The van der Waals surface area contributed by atoms with Crippen molar-refractivity contribution < 1.29 is 19.4 Å². The summed E-state index contributed by atoms with van der Waals surface area (Å²) in [6.07, 6.45) is 2.15. The van der Waals surface area contributed by atoms with Gasteiger partial charge in [-0.15, -0.1) is 0 Å². The highest BCUT2D eigenvalue weighted by Crippen LogP contribution is 2.17. The van der Waals surface area contributed by atoms with Gasteiger partial charge in [0.25, 0.3) is 0 Å². The van der Waals surface area contributed by atoms with E-state index in [1.807, 2.05) is 0 Å². The van der Waals surface area contributed by atoms with Crippen molar-refractivity contribution in [2.75, 3.05) is 19.7 Å². The zero-order chi connectivity index (χ0) is 13.5. The number of carboxylic acid groups (broad SMARTS) is 1. The Morgan fingerprint density at radius 3 is 2.67 bits per heavy atom. The maximum Gasteiger partial charge on any atom is 0.371 e. The van der Waals surface area contributed by atoms with E-state index in [2.05, 4.69) is 11.8 Å². The number of carbonyl (C=O) groups is 1. The molecule has 0 amide bonds. The Morgan fingerprint density at radius 1 is 1.44 bits per heavy atom. The predicted molar refractivity (Wildman–Crippen MR) is 67.7 cm³/mol. The lowest BCUT2D eigenvalue weighted by Gasteiger charge is -2.20. The van der Waals surface area contributed by atoms with Gasteiger partial charge < -0.3 is 14.6 Å². The van der Waals surface area contributed by atoms with Crippen LogP contribution in [0.4, 0.5) is 0 Å². The number of rotatable bonds is 8. The van der Waals surface area contributed by atoms with Crippen LogP contribution in [0, 0.1) is 6.92 Å². The Bertz CT molecular complexity index is 386. The van der Waals surface area contributed by atoms with Gasteiger partial charge in [0.1, 0.15) is 5.76 Å². The minimum Gasteiger partial charge on any atom is -0.475 e. The van der Waals surface area contributed by atoms with Crippen molar-refractivity contribution in [3.63, 3.8) is 0 Å². The van der Waals surface area contributed by atoms with E-state index in [0.717, 1.165) is 24.9 Å². The van der Waals surface area contributed by atoms with Gasteiger partial charge in [0, 0.05) is 18.7 Å². The van der Waals surface area contributed by atoms with Gasteiger partial charge in [-0.1, -0.05) is 13.3 Å². The number of unbranched alkanes of at least 4 members (excludes halogenated alkanes) is 1. The molecule has 2 N–H and O–H groups in total. The van der Waals surface area contributed by atoms with Crippen molar-refractivity contribution in [3.8, 4) is 0 Å². The average Bonchev–Trinajstić information content (AvgIpc) is 2.68. The first-order chi connectivity index (χ1) is 8.58. The molecule has 1 heterocycles. The van der Waals surface area contributed by atoms with Gasteiger partial charge in [0.15, 0.2) is 0 Å². The lowest BCUT2D eigenvalue weighted by Crippen LogP contribution is -2.27. The van der Waals surface area contributed by atoms with E-state index in [0.29, 0.717) is 18.8 Å². The number of nitrogens with zero attached hydrogens (tertiary/aromatic N) is 1. The second-order valence-electron chi connectivity index (χ2n) is 4.35. The van der Waals surface area contributed by atoms with Crippen molar-refractivity contribution in [1.82, 2.24) is 4.90 Å². The van der Waals surface area contributed by atoms with Crippen LogP contribution in [0.25, 0.3) is 0 Å². The third-order valence-electron chi connectivity index (χ3n) is 2.87.